The van der Waals surface area contributed by atoms with Crippen LogP contribution in [0.4, 0.5) is 0 Å². The summed E-state index contributed by atoms with van der Waals surface area (Å²) in [5.74, 6) is 1.73. The first-order valence-electron chi connectivity index (χ1n) is 11.4. The summed E-state index contributed by atoms with van der Waals surface area (Å²) in [6.07, 6.45) is 3.68. The van der Waals surface area contributed by atoms with Gasteiger partial charge < -0.3 is 4.74 Å². The fourth-order valence-corrected chi connectivity index (χ4v) is 5.17. The third-order valence-corrected chi connectivity index (χ3v) is 7.04. The molecular weight excluding hydrogens is 472 g/mol. The Hall–Kier alpha value is -4.37. The Kier molecular flexibility index (Phi) is 5.54. The third kappa shape index (κ3) is 3.74. The molecule has 0 spiro atoms. The van der Waals surface area contributed by atoms with Crippen molar-refractivity contribution in [1.29, 1.82) is 0 Å². The zero-order valence-corrected chi connectivity index (χ0v) is 20.5. The molecule has 3 aromatic heterocycles. The van der Waals surface area contributed by atoms with Crippen molar-refractivity contribution in [2.75, 3.05) is 7.11 Å². The van der Waals surface area contributed by atoms with Crippen LogP contribution in [0.1, 0.15) is 11.1 Å². The lowest BCUT2D eigenvalue weighted by Crippen LogP contribution is -2.22. The summed E-state index contributed by atoms with van der Waals surface area (Å²) in [6.45, 7) is 1.98. The summed E-state index contributed by atoms with van der Waals surface area (Å²) < 4.78 is 11.0. The first-order chi connectivity index (χ1) is 17.6. The van der Waals surface area contributed by atoms with Crippen molar-refractivity contribution < 1.29 is 4.74 Å². The third-order valence-electron chi connectivity index (χ3n) is 6.04. The molecule has 0 unspecified atom stereocenters. The normalized spacial score (nSPS) is 11.4. The number of nitrogens with zero attached hydrogens (tertiary/aromatic N) is 6. The van der Waals surface area contributed by atoms with Crippen LogP contribution in [0.5, 0.6) is 5.75 Å². The van der Waals surface area contributed by atoms with E-state index < -0.39 is 0 Å². The summed E-state index contributed by atoms with van der Waals surface area (Å²) >= 11 is 1.57. The number of aromatic nitrogens is 6. The molecule has 0 aliphatic carbocycles. The topological polar surface area (TPSA) is 79.2 Å². The second-order valence-electron chi connectivity index (χ2n) is 8.36. The molecular formula is C27H22N6O2S. The van der Waals surface area contributed by atoms with Gasteiger partial charge in [-0.2, -0.15) is 5.10 Å². The zero-order chi connectivity index (χ0) is 24.6. The molecule has 0 N–H and O–H groups in total. The van der Waals surface area contributed by atoms with Gasteiger partial charge >= 0.3 is 0 Å². The van der Waals surface area contributed by atoms with Gasteiger partial charge in [0, 0.05) is 18.1 Å². The van der Waals surface area contributed by atoms with Gasteiger partial charge in [0.1, 0.15) is 5.75 Å². The molecule has 0 radical (unpaired) electrons. The lowest BCUT2D eigenvalue weighted by Gasteiger charge is -2.14. The molecule has 3 heterocycles. The lowest BCUT2D eigenvalue weighted by molar-refractivity contribution is 0.412. The summed E-state index contributed by atoms with van der Waals surface area (Å²) in [5.41, 5.74) is 4.39. The first-order valence-corrected chi connectivity index (χ1v) is 12.4. The van der Waals surface area contributed by atoms with Gasteiger partial charge in [-0.05, 0) is 60.5 Å². The molecule has 3 aromatic carbocycles. The Labute approximate surface area is 210 Å². The van der Waals surface area contributed by atoms with Gasteiger partial charge in [0.05, 0.1) is 29.4 Å². The van der Waals surface area contributed by atoms with Crippen LogP contribution in [0.25, 0.3) is 28.1 Å². The molecule has 178 valence electrons. The first kappa shape index (κ1) is 22.1. The van der Waals surface area contributed by atoms with E-state index in [2.05, 4.69) is 27.4 Å². The number of ether oxygens (including phenoxy) is 1. The van der Waals surface area contributed by atoms with E-state index in [1.807, 2.05) is 82.9 Å². The predicted octanol–water partition coefficient (Wildman–Crippen LogP) is 4.83. The number of thioether (sulfide) groups is 1. The molecule has 0 saturated heterocycles. The summed E-state index contributed by atoms with van der Waals surface area (Å²) in [4.78, 5) is 13.7. The van der Waals surface area contributed by atoms with Crippen molar-refractivity contribution in [3.05, 3.63) is 107 Å². The second-order valence-corrected chi connectivity index (χ2v) is 9.30. The Bertz CT molecular complexity index is 1750. The maximum atomic E-state index is 13.7. The van der Waals surface area contributed by atoms with Crippen LogP contribution in [0.2, 0.25) is 0 Å². The smallest absolute Gasteiger partial charge is 0.267 e. The van der Waals surface area contributed by atoms with Crippen molar-refractivity contribution in [3.63, 3.8) is 0 Å². The van der Waals surface area contributed by atoms with Gasteiger partial charge in [0.15, 0.2) is 5.16 Å². The maximum absolute atomic E-state index is 13.7. The molecule has 36 heavy (non-hydrogen) atoms. The largest absolute Gasteiger partial charge is 0.495 e. The minimum Gasteiger partial charge on any atom is -0.495 e. The van der Waals surface area contributed by atoms with Gasteiger partial charge in [0.25, 0.3) is 5.56 Å². The number of fused-ring (bicyclic) bond motifs is 3. The number of hydrogen-bond acceptors (Lipinski definition) is 6. The van der Waals surface area contributed by atoms with Crippen molar-refractivity contribution in [2.24, 2.45) is 0 Å². The average Bonchev–Trinajstić information content (AvgIpc) is 3.59. The van der Waals surface area contributed by atoms with E-state index in [9.17, 15) is 4.79 Å². The van der Waals surface area contributed by atoms with Crippen molar-refractivity contribution in [2.45, 2.75) is 17.8 Å². The van der Waals surface area contributed by atoms with Crippen molar-refractivity contribution in [3.8, 4) is 17.1 Å². The maximum Gasteiger partial charge on any atom is 0.267 e. The molecule has 8 nitrogen and oxygen atoms in total. The average molecular weight is 495 g/mol. The SMILES string of the molecule is COc1ccc(C)cc1-n1c(=O)c2ccccc2n2c(SCc3ccc(-n4cccn4)cc3)nnc12. The Morgan fingerprint density at radius 2 is 1.81 bits per heavy atom. The highest BCUT2D eigenvalue weighted by Crippen LogP contribution is 2.29. The Morgan fingerprint density at radius 1 is 0.972 bits per heavy atom. The van der Waals surface area contributed by atoms with Crippen molar-refractivity contribution in [1.82, 2.24) is 28.9 Å². The molecule has 9 heteroatoms. The van der Waals surface area contributed by atoms with E-state index in [1.54, 1.807) is 29.6 Å². The van der Waals surface area contributed by atoms with Gasteiger partial charge in [0.2, 0.25) is 5.78 Å². The van der Waals surface area contributed by atoms with Gasteiger partial charge in [-0.25, -0.2) is 9.25 Å². The highest BCUT2D eigenvalue weighted by molar-refractivity contribution is 7.98. The molecule has 0 atom stereocenters. The van der Waals surface area contributed by atoms with E-state index in [1.165, 1.54) is 0 Å². The summed E-state index contributed by atoms with van der Waals surface area (Å²) in [7, 11) is 1.60. The number of aryl methyl sites for hydroxylation is 1. The van der Waals surface area contributed by atoms with Gasteiger partial charge in [-0.3, -0.25) is 9.20 Å². The van der Waals surface area contributed by atoms with Crippen LogP contribution in [0.3, 0.4) is 0 Å². The number of methoxy groups -OCH3 is 1. The number of rotatable bonds is 6. The highest BCUT2D eigenvalue weighted by atomic mass is 32.2. The van der Waals surface area contributed by atoms with Crippen LogP contribution < -0.4 is 10.3 Å². The van der Waals surface area contributed by atoms with Crippen LogP contribution >= 0.6 is 11.8 Å². The number of benzene rings is 3. The van der Waals surface area contributed by atoms with E-state index >= 15 is 0 Å². The molecule has 0 aliphatic heterocycles. The number of para-hydroxylation sites is 1. The fourth-order valence-electron chi connectivity index (χ4n) is 4.28. The fraction of sp³-hybridized carbons (Fsp3) is 0.111. The van der Waals surface area contributed by atoms with Crippen LogP contribution in [0.15, 0.2) is 95.1 Å². The molecule has 6 aromatic rings. The molecule has 0 fully saturated rings. The van der Waals surface area contributed by atoms with Crippen molar-refractivity contribution >= 4 is 28.4 Å². The summed E-state index contributed by atoms with van der Waals surface area (Å²) in [6, 6.07) is 23.4. The quantitative estimate of drug-likeness (QED) is 0.309. The van der Waals surface area contributed by atoms with Gasteiger partial charge in [-0.15, -0.1) is 10.2 Å². The number of hydrogen-bond donors (Lipinski definition) is 0. The van der Waals surface area contributed by atoms with E-state index in [0.717, 1.165) is 22.3 Å². The van der Waals surface area contributed by atoms with E-state index in [-0.39, 0.29) is 5.56 Å². The molecule has 0 amide bonds. The zero-order valence-electron chi connectivity index (χ0n) is 19.7. The second kappa shape index (κ2) is 9.01. The van der Waals surface area contributed by atoms with Crippen LogP contribution in [-0.4, -0.2) is 36.1 Å². The molecule has 0 bridgehead atoms. The van der Waals surface area contributed by atoms with E-state index in [4.69, 9.17) is 4.74 Å². The van der Waals surface area contributed by atoms with E-state index in [0.29, 0.717) is 33.5 Å². The molecule has 0 saturated carbocycles. The predicted molar refractivity (Wildman–Crippen MR) is 141 cm³/mol. The minimum atomic E-state index is -0.167. The van der Waals surface area contributed by atoms with Crippen LogP contribution in [0, 0.1) is 6.92 Å². The molecule has 0 aliphatic rings. The highest BCUT2D eigenvalue weighted by Gasteiger charge is 2.20. The monoisotopic (exact) mass is 494 g/mol. The van der Waals surface area contributed by atoms with Gasteiger partial charge in [-0.1, -0.05) is 42.1 Å². The Morgan fingerprint density at radius 3 is 2.58 bits per heavy atom. The summed E-state index contributed by atoms with van der Waals surface area (Å²) in [5, 5.41) is 14.5. The standard InChI is InChI=1S/C27H22N6O2S/c1-18-8-13-24(35-2)23(16-18)32-25(34)21-6-3-4-7-22(21)33-26(32)29-30-27(33)36-17-19-9-11-20(12-10-19)31-15-5-14-28-31/h3-16H,17H2,1-2H3. The minimum absolute atomic E-state index is 0.167. The lowest BCUT2D eigenvalue weighted by atomic mass is 10.2. The van der Waals surface area contributed by atoms with Crippen LogP contribution in [-0.2, 0) is 5.75 Å². The Balaban J connectivity index is 1.45. The molecule has 6 rings (SSSR count).